The highest BCUT2D eigenvalue weighted by molar-refractivity contribution is 5.93. The van der Waals surface area contributed by atoms with Crippen molar-refractivity contribution in [1.82, 2.24) is 5.32 Å². The molecule has 3 N–H and O–H groups in total. The van der Waals surface area contributed by atoms with E-state index in [1.807, 2.05) is 32.1 Å². The summed E-state index contributed by atoms with van der Waals surface area (Å²) < 4.78 is 0. The molecule has 1 aliphatic carbocycles. The number of nitrogens with one attached hydrogen (secondary N) is 1. The summed E-state index contributed by atoms with van der Waals surface area (Å²) in [6, 6.07) is 0. The van der Waals surface area contributed by atoms with Crippen LogP contribution in [0.25, 0.3) is 0 Å². The van der Waals surface area contributed by atoms with E-state index < -0.39 is 12.2 Å². The number of amides is 2. The fourth-order valence-corrected chi connectivity index (χ4v) is 3.80. The third-order valence-corrected chi connectivity index (χ3v) is 5.87. The normalized spacial score (nSPS) is 23.4. The molecule has 170 valence electrons. The monoisotopic (exact) mass is 421 g/mol. The predicted octanol–water partition coefficient (Wildman–Crippen LogP) is 3.47. The van der Waals surface area contributed by atoms with E-state index in [0.717, 1.165) is 19.3 Å². The molecule has 30 heavy (non-hydrogen) atoms. The molecule has 0 aliphatic heterocycles. The summed E-state index contributed by atoms with van der Waals surface area (Å²) in [4.78, 5) is 34.5. The number of aliphatic hydroxyl groups excluding tert-OH is 2. The van der Waals surface area contributed by atoms with Gasteiger partial charge in [0.1, 0.15) is 5.78 Å². The van der Waals surface area contributed by atoms with Gasteiger partial charge in [-0.25, -0.2) is 0 Å². The van der Waals surface area contributed by atoms with E-state index in [-0.39, 0.29) is 47.7 Å². The van der Waals surface area contributed by atoms with Gasteiger partial charge in [0.05, 0.1) is 12.2 Å². The van der Waals surface area contributed by atoms with Crippen LogP contribution in [0.3, 0.4) is 0 Å². The zero-order valence-electron chi connectivity index (χ0n) is 18.9. The van der Waals surface area contributed by atoms with Crippen LogP contribution < -0.4 is 5.32 Å². The minimum atomic E-state index is -0.714. The predicted molar refractivity (Wildman–Crippen MR) is 117 cm³/mol. The second-order valence-electron chi connectivity index (χ2n) is 9.05. The van der Waals surface area contributed by atoms with Crippen LogP contribution in [0.2, 0.25) is 0 Å². The third-order valence-electron chi connectivity index (χ3n) is 5.87. The van der Waals surface area contributed by atoms with Gasteiger partial charge in [-0.05, 0) is 31.1 Å². The molecule has 0 unspecified atom stereocenters. The van der Waals surface area contributed by atoms with Crippen LogP contribution in [0.5, 0.6) is 0 Å². The Morgan fingerprint density at radius 1 is 1.27 bits per heavy atom. The number of Topliss-reactive ketones (excluding diaryl/α,β-unsaturated/α-hetero) is 1. The molecule has 6 heteroatoms. The largest absolute Gasteiger partial charge is 0.392 e. The van der Waals surface area contributed by atoms with Gasteiger partial charge in [0.25, 0.3) is 0 Å². The van der Waals surface area contributed by atoms with Gasteiger partial charge in [-0.2, -0.15) is 0 Å². The molecule has 0 spiro atoms. The van der Waals surface area contributed by atoms with Crippen LogP contribution in [-0.4, -0.2) is 40.0 Å². The van der Waals surface area contributed by atoms with Crippen LogP contribution in [0.1, 0.15) is 79.1 Å². The SMILES string of the molecule is CCCCC(C)(C)[C@H](O)/C=C/[C@H]1[C@H](O)CC(=O)[C@@H]1C/C=C\CCCC(=O)NC(C)=O. The summed E-state index contributed by atoms with van der Waals surface area (Å²) in [5.41, 5.74) is -0.246. The van der Waals surface area contributed by atoms with E-state index in [0.29, 0.717) is 19.3 Å². The number of aliphatic hydroxyl groups is 2. The topological polar surface area (TPSA) is 104 Å². The average molecular weight is 422 g/mol. The van der Waals surface area contributed by atoms with Gasteiger partial charge in [0, 0.05) is 31.6 Å². The Kier molecular flexibility index (Phi) is 11.2. The molecule has 6 nitrogen and oxygen atoms in total. The number of rotatable bonds is 12. The molecule has 2 amide bonds. The molecule has 0 heterocycles. The fourth-order valence-electron chi connectivity index (χ4n) is 3.80. The lowest BCUT2D eigenvalue weighted by Gasteiger charge is -2.29. The Balaban J connectivity index is 2.56. The smallest absolute Gasteiger partial charge is 0.226 e. The first-order chi connectivity index (χ1) is 14.1. The van der Waals surface area contributed by atoms with E-state index in [1.165, 1.54) is 6.92 Å². The summed E-state index contributed by atoms with van der Waals surface area (Å²) in [5.74, 6) is -1.18. The summed E-state index contributed by atoms with van der Waals surface area (Å²) >= 11 is 0. The summed E-state index contributed by atoms with van der Waals surface area (Å²) in [7, 11) is 0. The molecule has 4 atom stereocenters. The minimum absolute atomic E-state index is 0.0439. The molecule has 0 aromatic rings. The molecule has 1 saturated carbocycles. The van der Waals surface area contributed by atoms with Crippen LogP contribution in [-0.2, 0) is 14.4 Å². The number of carbonyl (C=O) groups is 3. The summed E-state index contributed by atoms with van der Waals surface area (Å²) in [6.45, 7) is 7.49. The maximum Gasteiger partial charge on any atom is 0.226 e. The number of carbonyl (C=O) groups excluding carboxylic acids is 3. The van der Waals surface area contributed by atoms with Crippen molar-refractivity contribution in [3.63, 3.8) is 0 Å². The van der Waals surface area contributed by atoms with E-state index >= 15 is 0 Å². The lowest BCUT2D eigenvalue weighted by atomic mass is 9.80. The number of unbranched alkanes of at least 4 members (excludes halogenated alkanes) is 2. The van der Waals surface area contributed by atoms with Crippen molar-refractivity contribution in [3.05, 3.63) is 24.3 Å². The maximum absolute atomic E-state index is 12.3. The molecule has 0 aromatic carbocycles. The second kappa shape index (κ2) is 12.8. The van der Waals surface area contributed by atoms with E-state index in [2.05, 4.69) is 12.2 Å². The standard InChI is InChI=1S/C24H39NO5/c1-5-6-15-24(3,4)22(29)14-13-19-18(20(27)16-21(19)28)11-9-7-8-10-12-23(30)25-17(2)26/h7,9,13-14,18-19,21-22,28-29H,5-6,8,10-12,15-16H2,1-4H3,(H,25,26,30)/b9-7-,14-13+/t18-,19-,21-,22-/m1/s1. The fraction of sp³-hybridized carbons (Fsp3) is 0.708. The van der Waals surface area contributed by atoms with Crippen LogP contribution >= 0.6 is 0 Å². The average Bonchev–Trinajstić information content (AvgIpc) is 2.92. The van der Waals surface area contributed by atoms with Gasteiger partial charge >= 0.3 is 0 Å². The number of hydrogen-bond acceptors (Lipinski definition) is 5. The van der Waals surface area contributed by atoms with Crippen molar-refractivity contribution in [2.45, 2.75) is 91.3 Å². The molecule has 1 aliphatic rings. The minimum Gasteiger partial charge on any atom is -0.392 e. The highest BCUT2D eigenvalue weighted by Crippen LogP contribution is 2.35. The van der Waals surface area contributed by atoms with Crippen LogP contribution in [0.4, 0.5) is 0 Å². The zero-order valence-corrected chi connectivity index (χ0v) is 18.9. The van der Waals surface area contributed by atoms with Crippen molar-refractivity contribution in [1.29, 1.82) is 0 Å². The van der Waals surface area contributed by atoms with Crippen molar-refractivity contribution in [2.75, 3.05) is 0 Å². The quantitative estimate of drug-likeness (QED) is 0.331. The molecule has 0 bridgehead atoms. The number of ketones is 1. The molecule has 1 fully saturated rings. The molecule has 0 aromatic heterocycles. The molecule has 0 saturated heterocycles. The van der Waals surface area contributed by atoms with Crippen molar-refractivity contribution < 1.29 is 24.6 Å². The number of imide groups is 1. The van der Waals surface area contributed by atoms with Gasteiger partial charge in [-0.15, -0.1) is 0 Å². The first-order valence-corrected chi connectivity index (χ1v) is 11.1. The van der Waals surface area contributed by atoms with E-state index in [4.69, 9.17) is 0 Å². The third kappa shape index (κ3) is 8.92. The maximum atomic E-state index is 12.3. The van der Waals surface area contributed by atoms with Crippen LogP contribution in [0.15, 0.2) is 24.3 Å². The van der Waals surface area contributed by atoms with Crippen molar-refractivity contribution in [2.24, 2.45) is 17.3 Å². The highest BCUT2D eigenvalue weighted by Gasteiger charge is 2.39. The van der Waals surface area contributed by atoms with Crippen molar-refractivity contribution in [3.8, 4) is 0 Å². The molecule has 1 rings (SSSR count). The first-order valence-electron chi connectivity index (χ1n) is 11.1. The molecular weight excluding hydrogens is 382 g/mol. The lowest BCUT2D eigenvalue weighted by Crippen LogP contribution is -2.28. The number of allylic oxidation sites excluding steroid dienone is 2. The molecular formula is C24H39NO5. The Labute approximate surface area is 180 Å². The highest BCUT2D eigenvalue weighted by atomic mass is 16.3. The van der Waals surface area contributed by atoms with Gasteiger partial charge in [0.2, 0.25) is 11.8 Å². The first kappa shape index (κ1) is 26.2. The van der Waals surface area contributed by atoms with E-state index in [1.54, 1.807) is 6.08 Å². The van der Waals surface area contributed by atoms with Gasteiger partial charge < -0.3 is 10.2 Å². The van der Waals surface area contributed by atoms with Gasteiger partial charge in [-0.1, -0.05) is 57.9 Å². The zero-order chi connectivity index (χ0) is 22.7. The van der Waals surface area contributed by atoms with E-state index in [9.17, 15) is 24.6 Å². The Morgan fingerprint density at radius 3 is 2.60 bits per heavy atom. The van der Waals surface area contributed by atoms with Crippen molar-refractivity contribution >= 4 is 17.6 Å². The number of hydrogen-bond donors (Lipinski definition) is 3. The summed E-state index contributed by atoms with van der Waals surface area (Å²) in [6.07, 6.45) is 11.4. The lowest BCUT2D eigenvalue weighted by molar-refractivity contribution is -0.129. The summed E-state index contributed by atoms with van der Waals surface area (Å²) in [5, 5.41) is 23.1. The van der Waals surface area contributed by atoms with Gasteiger partial charge in [0.15, 0.2) is 0 Å². The van der Waals surface area contributed by atoms with Crippen LogP contribution in [0, 0.1) is 17.3 Å². The Morgan fingerprint density at radius 2 is 1.97 bits per heavy atom. The Hall–Kier alpha value is -1.79. The Bertz CT molecular complexity index is 638. The van der Waals surface area contributed by atoms with Gasteiger partial charge in [-0.3, -0.25) is 19.7 Å². The molecule has 0 radical (unpaired) electrons. The second-order valence-corrected chi connectivity index (χ2v) is 9.05.